The topological polar surface area (TPSA) is 77.4 Å². The molecule has 3 aromatic carbocycles. The second kappa shape index (κ2) is 8.70. The lowest BCUT2D eigenvalue weighted by Crippen LogP contribution is -2.38. The number of amides is 1. The van der Waals surface area contributed by atoms with E-state index in [9.17, 15) is 4.79 Å². The van der Waals surface area contributed by atoms with E-state index in [0.29, 0.717) is 18.0 Å². The zero-order valence-corrected chi connectivity index (χ0v) is 18.4. The number of anilines is 1. The van der Waals surface area contributed by atoms with Crippen molar-refractivity contribution < 1.29 is 14.3 Å². The van der Waals surface area contributed by atoms with Crippen LogP contribution in [-0.4, -0.2) is 22.8 Å². The van der Waals surface area contributed by atoms with E-state index in [-0.39, 0.29) is 5.91 Å². The van der Waals surface area contributed by atoms with E-state index in [2.05, 4.69) is 15.7 Å². The quantitative estimate of drug-likeness (QED) is 0.457. The molecule has 2 heterocycles. The van der Waals surface area contributed by atoms with E-state index in [1.54, 1.807) is 18.0 Å². The Balaban J connectivity index is 1.43. The van der Waals surface area contributed by atoms with E-state index < -0.39 is 6.17 Å². The van der Waals surface area contributed by atoms with Crippen molar-refractivity contribution in [3.63, 3.8) is 0 Å². The van der Waals surface area contributed by atoms with Gasteiger partial charge in [0.1, 0.15) is 35.7 Å². The number of carbonyl (C=O) groups excluding carboxylic acids is 1. The molecule has 7 nitrogen and oxygen atoms in total. The van der Waals surface area contributed by atoms with Crippen molar-refractivity contribution in [1.29, 1.82) is 0 Å². The molecule has 0 radical (unpaired) electrons. The van der Waals surface area contributed by atoms with E-state index >= 15 is 0 Å². The summed E-state index contributed by atoms with van der Waals surface area (Å²) >= 11 is 0. The molecule has 5 rings (SSSR count). The molecule has 0 fully saturated rings. The van der Waals surface area contributed by atoms with E-state index in [1.165, 1.54) is 0 Å². The number of ether oxygens (including phenoxy) is 2. The molecule has 2 N–H and O–H groups in total. The van der Waals surface area contributed by atoms with Crippen molar-refractivity contribution in [2.45, 2.75) is 19.7 Å². The van der Waals surface area contributed by atoms with Gasteiger partial charge in [-0.1, -0.05) is 42.5 Å². The fraction of sp³-hybridized carbons (Fsp3) is 0.154. The molecule has 166 valence electrons. The summed E-state index contributed by atoms with van der Waals surface area (Å²) in [5.74, 6) is 2.03. The lowest BCUT2D eigenvalue weighted by molar-refractivity contribution is 0.0935. The lowest BCUT2D eigenvalue weighted by Gasteiger charge is -2.27. The molecule has 4 aromatic rings. The first kappa shape index (κ1) is 20.6. The summed E-state index contributed by atoms with van der Waals surface area (Å²) in [5.41, 5.74) is 4.22. The highest BCUT2D eigenvalue weighted by atomic mass is 16.5. The van der Waals surface area contributed by atoms with Gasteiger partial charge in [0.2, 0.25) is 0 Å². The van der Waals surface area contributed by atoms with Gasteiger partial charge in [-0.15, -0.1) is 0 Å². The van der Waals surface area contributed by atoms with Crippen molar-refractivity contribution in [1.82, 2.24) is 15.1 Å². The van der Waals surface area contributed by atoms with Crippen LogP contribution in [0.3, 0.4) is 0 Å². The number of nitrogens with one attached hydrogen (secondary N) is 2. The van der Waals surface area contributed by atoms with Crippen LogP contribution < -0.4 is 20.1 Å². The van der Waals surface area contributed by atoms with Crippen molar-refractivity contribution in [3.8, 4) is 17.2 Å². The molecule has 1 aliphatic heterocycles. The first-order valence-corrected chi connectivity index (χ1v) is 10.7. The van der Waals surface area contributed by atoms with Gasteiger partial charge in [-0.25, -0.2) is 4.68 Å². The SMILES string of the molecule is COc1ccc([C@H]2NC(=O)c3cnn(-c4ccccc4)c3N2)cc1COc1ccccc1C. The number of fused-ring (bicyclic) bond motifs is 1. The molecule has 0 saturated heterocycles. The van der Waals surface area contributed by atoms with Gasteiger partial charge >= 0.3 is 0 Å². The number of nitrogens with zero attached hydrogens (tertiary/aromatic N) is 2. The third-order valence-electron chi connectivity index (χ3n) is 5.69. The summed E-state index contributed by atoms with van der Waals surface area (Å²) in [7, 11) is 1.64. The number of hydrogen-bond donors (Lipinski definition) is 2. The first-order valence-electron chi connectivity index (χ1n) is 10.7. The zero-order valence-electron chi connectivity index (χ0n) is 18.4. The Morgan fingerprint density at radius 1 is 0.970 bits per heavy atom. The zero-order chi connectivity index (χ0) is 22.8. The monoisotopic (exact) mass is 440 g/mol. The summed E-state index contributed by atoms with van der Waals surface area (Å²) in [6, 6.07) is 23.4. The largest absolute Gasteiger partial charge is 0.496 e. The summed E-state index contributed by atoms with van der Waals surface area (Å²) < 4.78 is 13.3. The van der Waals surface area contributed by atoms with Gasteiger partial charge < -0.3 is 20.1 Å². The van der Waals surface area contributed by atoms with Gasteiger partial charge in [0.15, 0.2) is 0 Å². The molecule has 0 unspecified atom stereocenters. The maximum atomic E-state index is 12.8. The van der Waals surface area contributed by atoms with E-state index in [0.717, 1.165) is 33.9 Å². The summed E-state index contributed by atoms with van der Waals surface area (Å²) in [6.45, 7) is 2.35. The normalized spacial score (nSPS) is 14.7. The highest BCUT2D eigenvalue weighted by Gasteiger charge is 2.29. The third-order valence-corrected chi connectivity index (χ3v) is 5.69. The summed E-state index contributed by atoms with van der Waals surface area (Å²) in [4.78, 5) is 12.8. The predicted octanol–water partition coefficient (Wildman–Crippen LogP) is 4.62. The minimum atomic E-state index is -0.424. The van der Waals surface area contributed by atoms with Crippen LogP contribution in [0.5, 0.6) is 11.5 Å². The van der Waals surface area contributed by atoms with Crippen LogP contribution in [0.4, 0.5) is 5.82 Å². The molecule has 7 heteroatoms. The number of carbonyl (C=O) groups is 1. The summed E-state index contributed by atoms with van der Waals surface area (Å²) in [5, 5.41) is 10.9. The second-order valence-electron chi connectivity index (χ2n) is 7.83. The van der Waals surface area contributed by atoms with Crippen LogP contribution in [-0.2, 0) is 6.61 Å². The van der Waals surface area contributed by atoms with Gasteiger partial charge in [-0.05, 0) is 48.4 Å². The molecule has 1 amide bonds. The highest BCUT2D eigenvalue weighted by molar-refractivity contribution is 6.01. The van der Waals surface area contributed by atoms with Gasteiger partial charge in [0.25, 0.3) is 5.91 Å². The Kier molecular flexibility index (Phi) is 5.44. The maximum absolute atomic E-state index is 12.8. The molecule has 0 bridgehead atoms. The number of aryl methyl sites for hydroxylation is 1. The Hall–Kier alpha value is -4.26. The molecule has 0 saturated carbocycles. The number of para-hydroxylation sites is 2. The predicted molar refractivity (Wildman–Crippen MR) is 126 cm³/mol. The van der Waals surface area contributed by atoms with Gasteiger partial charge in [-0.3, -0.25) is 4.79 Å². The lowest BCUT2D eigenvalue weighted by atomic mass is 10.1. The number of rotatable bonds is 6. The molecule has 0 spiro atoms. The number of methoxy groups -OCH3 is 1. The second-order valence-corrected chi connectivity index (χ2v) is 7.83. The Morgan fingerprint density at radius 3 is 2.55 bits per heavy atom. The molecule has 1 atom stereocenters. The number of hydrogen-bond acceptors (Lipinski definition) is 5. The Morgan fingerprint density at radius 2 is 1.76 bits per heavy atom. The third kappa shape index (κ3) is 4.01. The minimum absolute atomic E-state index is 0.176. The van der Waals surface area contributed by atoms with Crippen LogP contribution in [0.2, 0.25) is 0 Å². The van der Waals surface area contributed by atoms with Crippen molar-refractivity contribution in [2.24, 2.45) is 0 Å². The Labute approximate surface area is 192 Å². The fourth-order valence-electron chi connectivity index (χ4n) is 3.93. The van der Waals surface area contributed by atoms with E-state index in [4.69, 9.17) is 9.47 Å². The van der Waals surface area contributed by atoms with Crippen LogP contribution in [0.1, 0.15) is 33.2 Å². The van der Waals surface area contributed by atoms with Crippen LogP contribution in [0, 0.1) is 6.92 Å². The summed E-state index contributed by atoms with van der Waals surface area (Å²) in [6.07, 6.45) is 1.16. The fourth-order valence-corrected chi connectivity index (χ4v) is 3.93. The highest BCUT2D eigenvalue weighted by Crippen LogP contribution is 2.31. The van der Waals surface area contributed by atoms with Crippen molar-refractivity contribution in [2.75, 3.05) is 12.4 Å². The average Bonchev–Trinajstić information content (AvgIpc) is 3.28. The molecule has 1 aliphatic rings. The van der Waals surface area contributed by atoms with Crippen LogP contribution in [0.25, 0.3) is 5.69 Å². The molecule has 0 aliphatic carbocycles. The Bertz CT molecular complexity index is 1300. The van der Waals surface area contributed by atoms with Crippen molar-refractivity contribution >= 4 is 11.7 Å². The molecular weight excluding hydrogens is 416 g/mol. The van der Waals surface area contributed by atoms with Gasteiger partial charge in [-0.2, -0.15) is 5.10 Å². The van der Waals surface area contributed by atoms with E-state index in [1.807, 2.05) is 79.7 Å². The van der Waals surface area contributed by atoms with Crippen LogP contribution in [0.15, 0.2) is 79.0 Å². The van der Waals surface area contributed by atoms with Crippen molar-refractivity contribution in [3.05, 3.63) is 101 Å². The number of aromatic nitrogens is 2. The first-order chi connectivity index (χ1) is 16.1. The average molecular weight is 441 g/mol. The molecule has 33 heavy (non-hydrogen) atoms. The van der Waals surface area contributed by atoms with Gasteiger partial charge in [0, 0.05) is 5.56 Å². The molecular formula is C26H24N4O3. The van der Waals surface area contributed by atoms with Gasteiger partial charge in [0.05, 0.1) is 19.0 Å². The molecule has 1 aromatic heterocycles. The number of benzene rings is 3. The smallest absolute Gasteiger partial charge is 0.258 e. The maximum Gasteiger partial charge on any atom is 0.258 e. The van der Waals surface area contributed by atoms with Crippen LogP contribution >= 0.6 is 0 Å². The minimum Gasteiger partial charge on any atom is -0.496 e. The standard InChI is InChI=1S/C26H24N4O3/c1-17-8-6-7-11-22(17)33-16-19-14-18(12-13-23(19)32-2)24-28-25-21(26(31)29-24)15-27-30(25)20-9-4-3-5-10-20/h3-15,24,28H,16H2,1-2H3,(H,29,31)/t24-/m1/s1.